The molecule has 1 saturated heterocycles. The molecule has 4 N–H and O–H groups in total. The molecule has 1 aromatic rings. The molecule has 1 unspecified atom stereocenters. The summed E-state index contributed by atoms with van der Waals surface area (Å²) in [5.74, 6) is -1.03. The molecular weight excluding hydrogens is 246 g/mol. The lowest BCUT2D eigenvalue weighted by molar-refractivity contribution is -0.123. The van der Waals surface area contributed by atoms with Crippen LogP contribution in [0, 0.1) is 0 Å². The Balaban J connectivity index is 2.35. The Hall–Kier alpha value is -2.24. The van der Waals surface area contributed by atoms with Gasteiger partial charge in [-0.3, -0.25) is 4.79 Å². The summed E-state index contributed by atoms with van der Waals surface area (Å²) < 4.78 is 0. The molecule has 0 saturated carbocycles. The van der Waals surface area contributed by atoms with Crippen molar-refractivity contribution in [3.8, 4) is 0 Å². The van der Waals surface area contributed by atoms with Crippen molar-refractivity contribution in [1.29, 1.82) is 0 Å². The Morgan fingerprint density at radius 3 is 2.89 bits per heavy atom. The van der Waals surface area contributed by atoms with Crippen LogP contribution in [0.5, 0.6) is 0 Å². The lowest BCUT2D eigenvalue weighted by Crippen LogP contribution is -2.55. The monoisotopic (exact) mass is 263 g/mol. The van der Waals surface area contributed by atoms with Gasteiger partial charge in [-0.2, -0.15) is 0 Å². The maximum Gasteiger partial charge on any atom is 0.335 e. The largest absolute Gasteiger partial charge is 0.478 e. The first-order valence-electron chi connectivity index (χ1n) is 6.21. The number of aromatic carboxylic acids is 1. The molecule has 0 aliphatic carbocycles. The number of nitrogens with one attached hydrogen (secondary N) is 1. The molecule has 0 bridgehead atoms. The minimum Gasteiger partial charge on any atom is -0.478 e. The predicted molar refractivity (Wildman–Crippen MR) is 72.2 cm³/mol. The van der Waals surface area contributed by atoms with Crippen molar-refractivity contribution in [2.75, 3.05) is 23.7 Å². The zero-order chi connectivity index (χ0) is 14.0. The predicted octanol–water partition coefficient (Wildman–Crippen LogP) is 0.682. The molecule has 6 heteroatoms. The van der Waals surface area contributed by atoms with E-state index in [2.05, 4.69) is 5.32 Å². The molecule has 1 aliphatic heterocycles. The van der Waals surface area contributed by atoms with E-state index in [1.54, 1.807) is 6.07 Å². The molecule has 6 nitrogen and oxygen atoms in total. The molecule has 1 fully saturated rings. The van der Waals surface area contributed by atoms with Gasteiger partial charge in [0.25, 0.3) is 0 Å². The van der Waals surface area contributed by atoms with Gasteiger partial charge in [0, 0.05) is 13.1 Å². The van der Waals surface area contributed by atoms with E-state index in [0.717, 1.165) is 0 Å². The van der Waals surface area contributed by atoms with Crippen LogP contribution in [0.15, 0.2) is 18.2 Å². The number of anilines is 2. The smallest absolute Gasteiger partial charge is 0.335 e. The number of carbonyl (C=O) groups is 2. The van der Waals surface area contributed by atoms with Gasteiger partial charge in [-0.25, -0.2) is 4.79 Å². The van der Waals surface area contributed by atoms with E-state index >= 15 is 0 Å². The zero-order valence-corrected chi connectivity index (χ0v) is 10.7. The number of benzene rings is 1. The van der Waals surface area contributed by atoms with E-state index < -0.39 is 5.97 Å². The van der Waals surface area contributed by atoms with Crippen LogP contribution in [0.25, 0.3) is 0 Å². The molecule has 1 amide bonds. The molecule has 0 spiro atoms. The van der Waals surface area contributed by atoms with Crippen molar-refractivity contribution < 1.29 is 14.7 Å². The number of carboxylic acids is 1. The summed E-state index contributed by atoms with van der Waals surface area (Å²) in [5, 5.41) is 11.7. The van der Waals surface area contributed by atoms with E-state index in [4.69, 9.17) is 10.8 Å². The fourth-order valence-electron chi connectivity index (χ4n) is 2.36. The highest BCUT2D eigenvalue weighted by Gasteiger charge is 2.29. The number of rotatable bonds is 3. The van der Waals surface area contributed by atoms with Crippen molar-refractivity contribution in [2.24, 2.45) is 0 Å². The molecule has 0 aromatic heterocycles. The van der Waals surface area contributed by atoms with Crippen LogP contribution >= 0.6 is 0 Å². The molecule has 1 atom stereocenters. The van der Waals surface area contributed by atoms with Crippen LogP contribution in [-0.2, 0) is 4.79 Å². The number of hydrogen-bond acceptors (Lipinski definition) is 4. The lowest BCUT2D eigenvalue weighted by Gasteiger charge is -2.37. The fourth-order valence-corrected chi connectivity index (χ4v) is 2.36. The highest BCUT2D eigenvalue weighted by atomic mass is 16.4. The van der Waals surface area contributed by atoms with Gasteiger partial charge in [-0.1, -0.05) is 6.92 Å². The fraction of sp³-hybridized carbons (Fsp3) is 0.385. The third kappa shape index (κ3) is 2.47. The first-order valence-corrected chi connectivity index (χ1v) is 6.21. The number of amides is 1. The average Bonchev–Trinajstić information content (AvgIpc) is 2.38. The van der Waals surface area contributed by atoms with E-state index in [-0.39, 0.29) is 17.5 Å². The van der Waals surface area contributed by atoms with Gasteiger partial charge >= 0.3 is 5.97 Å². The number of piperazine rings is 1. The van der Waals surface area contributed by atoms with Gasteiger partial charge in [0.1, 0.15) is 6.04 Å². The van der Waals surface area contributed by atoms with Crippen LogP contribution in [0.3, 0.4) is 0 Å². The molecular formula is C13H17N3O3. The summed E-state index contributed by atoms with van der Waals surface area (Å²) in [4.78, 5) is 24.6. The van der Waals surface area contributed by atoms with E-state index in [1.165, 1.54) is 12.1 Å². The van der Waals surface area contributed by atoms with Crippen molar-refractivity contribution in [1.82, 2.24) is 5.32 Å². The van der Waals surface area contributed by atoms with Gasteiger partial charge in [0.05, 0.1) is 16.9 Å². The Morgan fingerprint density at radius 1 is 1.58 bits per heavy atom. The second kappa shape index (κ2) is 5.17. The van der Waals surface area contributed by atoms with Crippen molar-refractivity contribution in [3.05, 3.63) is 23.8 Å². The topological polar surface area (TPSA) is 95.7 Å². The van der Waals surface area contributed by atoms with Gasteiger partial charge in [0.2, 0.25) is 5.91 Å². The number of nitrogen functional groups attached to an aromatic ring is 1. The normalized spacial score (nSPS) is 19.1. The number of carbonyl (C=O) groups excluding carboxylic acids is 1. The zero-order valence-electron chi connectivity index (χ0n) is 10.7. The summed E-state index contributed by atoms with van der Waals surface area (Å²) in [6.07, 6.45) is 0.673. The molecule has 1 aliphatic rings. The minimum absolute atomic E-state index is 0.0181. The lowest BCUT2D eigenvalue weighted by atomic mass is 10.1. The van der Waals surface area contributed by atoms with Gasteiger partial charge < -0.3 is 21.1 Å². The van der Waals surface area contributed by atoms with Crippen LogP contribution in [0.1, 0.15) is 23.7 Å². The third-order valence-electron chi connectivity index (χ3n) is 3.30. The average molecular weight is 263 g/mol. The van der Waals surface area contributed by atoms with Gasteiger partial charge in [-0.05, 0) is 24.6 Å². The Kier molecular flexibility index (Phi) is 3.59. The summed E-state index contributed by atoms with van der Waals surface area (Å²) in [6, 6.07) is 4.34. The van der Waals surface area contributed by atoms with Crippen LogP contribution in [-0.4, -0.2) is 36.1 Å². The third-order valence-corrected chi connectivity index (χ3v) is 3.30. The van der Waals surface area contributed by atoms with E-state index in [1.807, 2.05) is 11.8 Å². The Bertz CT molecular complexity index is 516. The number of nitrogens with two attached hydrogens (primary N) is 1. The van der Waals surface area contributed by atoms with Gasteiger partial charge in [0.15, 0.2) is 0 Å². The Labute approximate surface area is 111 Å². The van der Waals surface area contributed by atoms with Crippen LogP contribution in [0.2, 0.25) is 0 Å². The quantitative estimate of drug-likeness (QED) is 0.697. The molecule has 19 heavy (non-hydrogen) atoms. The van der Waals surface area contributed by atoms with Crippen molar-refractivity contribution in [2.45, 2.75) is 19.4 Å². The minimum atomic E-state index is -1.01. The molecule has 1 aromatic carbocycles. The molecule has 0 radical (unpaired) electrons. The summed E-state index contributed by atoms with van der Waals surface area (Å²) >= 11 is 0. The first kappa shape index (κ1) is 13.2. The summed E-state index contributed by atoms with van der Waals surface area (Å²) in [6.45, 7) is 3.17. The maximum absolute atomic E-state index is 11.8. The molecule has 1 heterocycles. The second-order valence-corrected chi connectivity index (χ2v) is 4.49. The van der Waals surface area contributed by atoms with Crippen LogP contribution in [0.4, 0.5) is 11.4 Å². The second-order valence-electron chi connectivity index (χ2n) is 4.49. The maximum atomic E-state index is 11.8. The molecule has 2 rings (SSSR count). The standard InChI is InChI=1S/C13H17N3O3/c1-2-10-12(17)15-5-6-16(10)11-4-3-8(13(18)19)7-9(11)14/h3-4,7,10H,2,5-6,14H2,1H3,(H,15,17)(H,18,19). The molecule has 102 valence electrons. The van der Waals surface area contributed by atoms with Crippen molar-refractivity contribution >= 4 is 23.3 Å². The first-order chi connectivity index (χ1) is 9.04. The van der Waals surface area contributed by atoms with Crippen molar-refractivity contribution in [3.63, 3.8) is 0 Å². The number of nitrogens with zero attached hydrogens (tertiary/aromatic N) is 1. The van der Waals surface area contributed by atoms with Gasteiger partial charge in [-0.15, -0.1) is 0 Å². The summed E-state index contributed by atoms with van der Waals surface area (Å²) in [7, 11) is 0. The van der Waals surface area contributed by atoms with E-state index in [9.17, 15) is 9.59 Å². The van der Waals surface area contributed by atoms with Crippen LogP contribution < -0.4 is 16.0 Å². The highest BCUT2D eigenvalue weighted by molar-refractivity contribution is 5.92. The summed E-state index contributed by atoms with van der Waals surface area (Å²) in [5.41, 5.74) is 7.16. The Morgan fingerprint density at radius 2 is 2.32 bits per heavy atom. The number of hydrogen-bond donors (Lipinski definition) is 3. The van der Waals surface area contributed by atoms with E-state index in [0.29, 0.717) is 30.9 Å². The number of carboxylic acid groups (broad SMARTS) is 1. The SMILES string of the molecule is CCC1C(=O)NCCN1c1ccc(C(=O)O)cc1N. The highest BCUT2D eigenvalue weighted by Crippen LogP contribution is 2.28.